The van der Waals surface area contributed by atoms with Gasteiger partial charge in [0.25, 0.3) is 0 Å². The molecule has 0 fully saturated rings. The number of hydrogen-bond acceptors (Lipinski definition) is 4. The van der Waals surface area contributed by atoms with Crippen LogP contribution in [0, 0.1) is 6.92 Å². The van der Waals surface area contributed by atoms with Crippen molar-refractivity contribution in [2.45, 2.75) is 46.1 Å². The molecular formula is C17H24ClNO4. The van der Waals surface area contributed by atoms with E-state index >= 15 is 0 Å². The average Bonchev–Trinajstić information content (AvgIpc) is 2.43. The number of carbonyl (C=O) groups is 2. The molecule has 5 nitrogen and oxygen atoms in total. The number of esters is 1. The molecule has 0 aliphatic rings. The van der Waals surface area contributed by atoms with Crippen molar-refractivity contribution in [2.75, 3.05) is 13.7 Å². The molecule has 0 spiro atoms. The third-order valence-electron chi connectivity index (χ3n) is 3.18. The predicted octanol–water partition coefficient (Wildman–Crippen LogP) is 3.89. The van der Waals surface area contributed by atoms with Gasteiger partial charge in [-0.1, -0.05) is 11.6 Å². The number of aryl methyl sites for hydroxylation is 1. The van der Waals surface area contributed by atoms with Crippen LogP contribution in [0.15, 0.2) is 12.1 Å². The number of amides is 1. The van der Waals surface area contributed by atoms with Gasteiger partial charge in [0.1, 0.15) is 5.60 Å². The highest BCUT2D eigenvalue weighted by Gasteiger charge is 2.16. The lowest BCUT2D eigenvalue weighted by Crippen LogP contribution is -2.33. The number of methoxy groups -OCH3 is 1. The number of hydrogen-bond donors (Lipinski definition) is 1. The number of rotatable bonds is 5. The maximum Gasteiger partial charge on any atom is 0.407 e. The zero-order valence-corrected chi connectivity index (χ0v) is 15.0. The summed E-state index contributed by atoms with van der Waals surface area (Å²) in [6, 6.07) is 3.43. The van der Waals surface area contributed by atoms with Crippen molar-refractivity contribution in [3.63, 3.8) is 0 Å². The van der Waals surface area contributed by atoms with Crippen LogP contribution in [0.5, 0.6) is 0 Å². The van der Waals surface area contributed by atoms with E-state index < -0.39 is 17.7 Å². The van der Waals surface area contributed by atoms with E-state index in [2.05, 4.69) is 5.32 Å². The first-order chi connectivity index (χ1) is 10.6. The minimum Gasteiger partial charge on any atom is -0.465 e. The summed E-state index contributed by atoms with van der Waals surface area (Å²) in [5.74, 6) is -0.405. The van der Waals surface area contributed by atoms with Crippen LogP contribution in [0.2, 0.25) is 5.02 Å². The van der Waals surface area contributed by atoms with Crippen molar-refractivity contribution in [3.05, 3.63) is 33.8 Å². The fourth-order valence-corrected chi connectivity index (χ4v) is 2.34. The lowest BCUT2D eigenvalue weighted by atomic mass is 9.99. The Morgan fingerprint density at radius 2 is 1.91 bits per heavy atom. The number of ether oxygens (including phenoxy) is 2. The molecule has 0 atom stereocenters. The molecule has 0 aliphatic carbocycles. The standard InChI is InChI=1S/C17H24ClNO4/c1-11-12(9-13(18)10-14(11)15(20)22-5)7-6-8-19-16(21)23-17(2,3)4/h9-10H,6-8H2,1-5H3,(H,19,21). The minimum absolute atomic E-state index is 0.405. The van der Waals surface area contributed by atoms with E-state index in [9.17, 15) is 9.59 Å². The Balaban J connectivity index is 2.60. The van der Waals surface area contributed by atoms with E-state index in [1.54, 1.807) is 6.07 Å². The second-order valence-corrected chi connectivity index (χ2v) is 6.70. The fraction of sp³-hybridized carbons (Fsp3) is 0.529. The van der Waals surface area contributed by atoms with Crippen LogP contribution in [0.1, 0.15) is 48.7 Å². The van der Waals surface area contributed by atoms with Crippen LogP contribution in [0.3, 0.4) is 0 Å². The van der Waals surface area contributed by atoms with Crippen molar-refractivity contribution in [3.8, 4) is 0 Å². The Bertz CT molecular complexity index is 579. The lowest BCUT2D eigenvalue weighted by molar-refractivity contribution is 0.0526. The smallest absolute Gasteiger partial charge is 0.407 e. The quantitative estimate of drug-likeness (QED) is 0.651. The summed E-state index contributed by atoms with van der Waals surface area (Å²) < 4.78 is 9.93. The molecule has 6 heteroatoms. The molecule has 0 aliphatic heterocycles. The highest BCUT2D eigenvalue weighted by molar-refractivity contribution is 6.31. The van der Waals surface area contributed by atoms with E-state index in [1.165, 1.54) is 7.11 Å². The van der Waals surface area contributed by atoms with Gasteiger partial charge in [-0.2, -0.15) is 0 Å². The Labute approximate surface area is 142 Å². The van der Waals surface area contributed by atoms with Gasteiger partial charge in [0, 0.05) is 11.6 Å². The summed E-state index contributed by atoms with van der Waals surface area (Å²) in [7, 11) is 1.34. The Kier molecular flexibility index (Phi) is 6.88. The molecule has 1 amide bonds. The van der Waals surface area contributed by atoms with E-state index in [-0.39, 0.29) is 0 Å². The van der Waals surface area contributed by atoms with E-state index in [0.717, 1.165) is 11.1 Å². The molecule has 23 heavy (non-hydrogen) atoms. The predicted molar refractivity (Wildman–Crippen MR) is 90.1 cm³/mol. The van der Waals surface area contributed by atoms with Gasteiger partial charge in [0.05, 0.1) is 12.7 Å². The van der Waals surface area contributed by atoms with Gasteiger partial charge in [-0.15, -0.1) is 0 Å². The summed E-state index contributed by atoms with van der Waals surface area (Å²) in [6.07, 6.45) is 0.961. The number of benzene rings is 1. The van der Waals surface area contributed by atoms with Crippen LogP contribution in [0.4, 0.5) is 4.79 Å². The number of alkyl carbamates (subject to hydrolysis) is 1. The molecule has 1 aromatic rings. The first-order valence-corrected chi connectivity index (χ1v) is 7.86. The summed E-state index contributed by atoms with van der Waals surface area (Å²) in [4.78, 5) is 23.3. The number of nitrogens with one attached hydrogen (secondary N) is 1. The maximum atomic E-state index is 11.7. The molecule has 0 saturated carbocycles. The second kappa shape index (κ2) is 8.20. The summed E-state index contributed by atoms with van der Waals surface area (Å²) >= 11 is 6.06. The Hall–Kier alpha value is -1.75. The first kappa shape index (κ1) is 19.3. The van der Waals surface area contributed by atoms with Crippen molar-refractivity contribution in [1.82, 2.24) is 5.32 Å². The van der Waals surface area contributed by atoms with E-state index in [4.69, 9.17) is 21.1 Å². The normalized spacial score (nSPS) is 11.0. The summed E-state index contributed by atoms with van der Waals surface area (Å²) in [5.41, 5.74) is 1.76. The number of carbonyl (C=O) groups excluding carboxylic acids is 2. The van der Waals surface area contributed by atoms with Crippen LogP contribution < -0.4 is 5.32 Å². The molecule has 0 radical (unpaired) electrons. The Morgan fingerprint density at radius 1 is 1.26 bits per heavy atom. The largest absolute Gasteiger partial charge is 0.465 e. The highest BCUT2D eigenvalue weighted by atomic mass is 35.5. The molecule has 1 aromatic carbocycles. The molecule has 0 heterocycles. The summed E-state index contributed by atoms with van der Waals surface area (Å²) in [6.45, 7) is 7.79. The van der Waals surface area contributed by atoms with Gasteiger partial charge >= 0.3 is 12.1 Å². The summed E-state index contributed by atoms with van der Waals surface area (Å²) in [5, 5.41) is 3.20. The van der Waals surface area contributed by atoms with Crippen molar-refractivity contribution < 1.29 is 19.1 Å². The van der Waals surface area contributed by atoms with Crippen molar-refractivity contribution in [2.24, 2.45) is 0 Å². The van der Waals surface area contributed by atoms with Crippen LogP contribution in [0.25, 0.3) is 0 Å². The number of halogens is 1. The van der Waals surface area contributed by atoms with Gasteiger partial charge < -0.3 is 14.8 Å². The third kappa shape index (κ3) is 6.48. The lowest BCUT2D eigenvalue weighted by Gasteiger charge is -2.19. The van der Waals surface area contributed by atoms with E-state index in [1.807, 2.05) is 33.8 Å². The molecule has 0 aromatic heterocycles. The maximum absolute atomic E-state index is 11.7. The van der Waals surface area contributed by atoms with Crippen LogP contribution >= 0.6 is 11.6 Å². The van der Waals surface area contributed by atoms with Crippen molar-refractivity contribution in [1.29, 1.82) is 0 Å². The van der Waals surface area contributed by atoms with Crippen LogP contribution in [-0.2, 0) is 15.9 Å². The van der Waals surface area contributed by atoms with Gasteiger partial charge in [-0.25, -0.2) is 9.59 Å². The highest BCUT2D eigenvalue weighted by Crippen LogP contribution is 2.22. The fourth-order valence-electron chi connectivity index (χ4n) is 2.10. The third-order valence-corrected chi connectivity index (χ3v) is 3.39. The molecule has 1 rings (SSSR count). The molecule has 0 bridgehead atoms. The van der Waals surface area contributed by atoms with Gasteiger partial charge in [-0.3, -0.25) is 0 Å². The monoisotopic (exact) mass is 341 g/mol. The minimum atomic E-state index is -0.511. The van der Waals surface area contributed by atoms with Gasteiger partial charge in [0.2, 0.25) is 0 Å². The zero-order valence-electron chi connectivity index (χ0n) is 14.3. The molecule has 0 unspecified atom stereocenters. The average molecular weight is 342 g/mol. The second-order valence-electron chi connectivity index (χ2n) is 6.26. The van der Waals surface area contributed by atoms with Gasteiger partial charge in [-0.05, 0) is 63.8 Å². The van der Waals surface area contributed by atoms with Crippen LogP contribution in [-0.4, -0.2) is 31.3 Å². The Morgan fingerprint density at radius 3 is 2.48 bits per heavy atom. The van der Waals surface area contributed by atoms with Crippen molar-refractivity contribution >= 4 is 23.7 Å². The molecule has 128 valence electrons. The molecular weight excluding hydrogens is 318 g/mol. The molecule has 0 saturated heterocycles. The SMILES string of the molecule is COC(=O)c1cc(Cl)cc(CCCNC(=O)OC(C)(C)C)c1C. The van der Waals surface area contributed by atoms with Gasteiger partial charge in [0.15, 0.2) is 0 Å². The molecule has 1 N–H and O–H groups in total. The topological polar surface area (TPSA) is 64.6 Å². The zero-order chi connectivity index (χ0) is 17.6. The first-order valence-electron chi connectivity index (χ1n) is 7.48. The van der Waals surface area contributed by atoms with E-state index in [0.29, 0.717) is 30.0 Å².